The number of esters is 1. The van der Waals surface area contributed by atoms with E-state index in [1.165, 1.54) is 6.92 Å². The zero-order chi connectivity index (χ0) is 8.28. The molecule has 0 atom stereocenters. The number of hydrogen-bond donors (Lipinski definition) is 1. The molecule has 60 valence electrons. The molecule has 0 amide bonds. The quantitative estimate of drug-likeness (QED) is 0.578. The first-order valence-electron chi connectivity index (χ1n) is 3.45. The van der Waals surface area contributed by atoms with Crippen LogP contribution >= 0.6 is 0 Å². The van der Waals surface area contributed by atoms with E-state index in [2.05, 4.69) is 0 Å². The van der Waals surface area contributed by atoms with Gasteiger partial charge in [0.05, 0.1) is 0 Å². The second-order valence-corrected chi connectivity index (χ2v) is 3.33. The van der Waals surface area contributed by atoms with Gasteiger partial charge >= 0.3 is 11.9 Å². The zero-order valence-electron chi connectivity index (χ0n) is 6.09. The van der Waals surface area contributed by atoms with E-state index in [4.69, 9.17) is 9.84 Å². The SMILES string of the molecule is CC(=O)OC12CC1(C(=O)O)C2. The lowest BCUT2D eigenvalue weighted by molar-refractivity contribution is -0.145. The van der Waals surface area contributed by atoms with Gasteiger partial charge in [-0.3, -0.25) is 9.59 Å². The van der Waals surface area contributed by atoms with Crippen molar-refractivity contribution in [3.05, 3.63) is 0 Å². The van der Waals surface area contributed by atoms with Crippen LogP contribution in [0.3, 0.4) is 0 Å². The first-order valence-corrected chi connectivity index (χ1v) is 3.45. The standard InChI is InChI=1S/C7H8O4/c1-4(8)11-7-2-6(7,3-7)5(9)10/h2-3H2,1H3,(H,9,10). The highest BCUT2D eigenvalue weighted by molar-refractivity contribution is 5.88. The molecule has 1 N–H and O–H groups in total. The minimum absolute atomic E-state index is 0.384. The number of rotatable bonds is 2. The lowest BCUT2D eigenvalue weighted by Gasteiger charge is -2.00. The van der Waals surface area contributed by atoms with Gasteiger partial charge < -0.3 is 9.84 Å². The molecule has 0 heterocycles. The van der Waals surface area contributed by atoms with Crippen molar-refractivity contribution in [2.24, 2.45) is 5.41 Å². The monoisotopic (exact) mass is 156 g/mol. The van der Waals surface area contributed by atoms with E-state index in [0.717, 1.165) is 0 Å². The van der Waals surface area contributed by atoms with E-state index in [9.17, 15) is 9.59 Å². The summed E-state index contributed by atoms with van der Waals surface area (Å²) in [5.74, 6) is -1.22. The van der Waals surface area contributed by atoms with Crippen molar-refractivity contribution in [3.8, 4) is 0 Å². The maximum atomic E-state index is 10.5. The second-order valence-electron chi connectivity index (χ2n) is 3.33. The number of carboxylic acid groups (broad SMARTS) is 1. The molecule has 0 aromatic heterocycles. The molecule has 0 aliphatic heterocycles. The van der Waals surface area contributed by atoms with Gasteiger partial charge in [0.25, 0.3) is 0 Å². The summed E-state index contributed by atoms with van der Waals surface area (Å²) >= 11 is 0. The Morgan fingerprint density at radius 1 is 1.45 bits per heavy atom. The molecular formula is C7H8O4. The molecular weight excluding hydrogens is 148 g/mol. The van der Waals surface area contributed by atoms with Crippen molar-refractivity contribution in [2.75, 3.05) is 0 Å². The fraction of sp³-hybridized carbons (Fsp3) is 0.714. The van der Waals surface area contributed by atoms with Crippen molar-refractivity contribution < 1.29 is 19.4 Å². The molecule has 4 nitrogen and oxygen atoms in total. The van der Waals surface area contributed by atoms with E-state index in [0.29, 0.717) is 12.8 Å². The smallest absolute Gasteiger partial charge is 0.314 e. The van der Waals surface area contributed by atoms with Crippen molar-refractivity contribution in [1.82, 2.24) is 0 Å². The van der Waals surface area contributed by atoms with Gasteiger partial charge in [0.15, 0.2) is 0 Å². The Hall–Kier alpha value is -1.06. The number of aliphatic carboxylic acids is 1. The highest BCUT2D eigenvalue weighted by Gasteiger charge is 2.91. The van der Waals surface area contributed by atoms with Crippen molar-refractivity contribution >= 4 is 11.9 Å². The van der Waals surface area contributed by atoms with E-state index in [1.807, 2.05) is 0 Å². The van der Waals surface area contributed by atoms with Crippen molar-refractivity contribution in [1.29, 1.82) is 0 Å². The molecule has 0 radical (unpaired) electrons. The average Bonchev–Trinajstić information content (AvgIpc) is 2.48. The third-order valence-corrected chi connectivity index (χ3v) is 2.55. The summed E-state index contributed by atoms with van der Waals surface area (Å²) < 4.78 is 4.87. The molecule has 0 unspecified atom stereocenters. The number of carbonyl (C=O) groups is 2. The van der Waals surface area contributed by atoms with Gasteiger partial charge in [-0.15, -0.1) is 0 Å². The van der Waals surface area contributed by atoms with Crippen LogP contribution in [0.2, 0.25) is 0 Å². The Morgan fingerprint density at radius 2 is 2.00 bits per heavy atom. The number of ether oxygens (including phenoxy) is 1. The minimum Gasteiger partial charge on any atom is -0.481 e. The second kappa shape index (κ2) is 1.42. The Morgan fingerprint density at radius 3 is 2.27 bits per heavy atom. The van der Waals surface area contributed by atoms with Crippen LogP contribution in [0.4, 0.5) is 0 Å². The van der Waals surface area contributed by atoms with Crippen molar-refractivity contribution in [3.63, 3.8) is 0 Å². The average molecular weight is 156 g/mol. The van der Waals surface area contributed by atoms with Gasteiger partial charge in [0.1, 0.15) is 11.0 Å². The largest absolute Gasteiger partial charge is 0.481 e. The third kappa shape index (κ3) is 0.593. The summed E-state index contributed by atoms with van der Waals surface area (Å²) in [6.45, 7) is 1.30. The van der Waals surface area contributed by atoms with Gasteiger partial charge in [-0.05, 0) is 0 Å². The highest BCUT2D eigenvalue weighted by Crippen LogP contribution is 2.80. The number of fused-ring (bicyclic) bond motifs is 1. The molecule has 0 saturated heterocycles. The van der Waals surface area contributed by atoms with Gasteiger partial charge in [-0.2, -0.15) is 0 Å². The molecule has 0 bridgehead atoms. The maximum absolute atomic E-state index is 10.5. The maximum Gasteiger partial charge on any atom is 0.314 e. The molecule has 4 heteroatoms. The van der Waals surface area contributed by atoms with Crippen LogP contribution in [0, 0.1) is 5.41 Å². The lowest BCUT2D eigenvalue weighted by atomic mass is 10.2. The van der Waals surface area contributed by atoms with E-state index < -0.39 is 17.0 Å². The van der Waals surface area contributed by atoms with Crippen LogP contribution in [0.1, 0.15) is 19.8 Å². The fourth-order valence-corrected chi connectivity index (χ4v) is 1.63. The summed E-state index contributed by atoms with van der Waals surface area (Å²) in [4.78, 5) is 21.0. The van der Waals surface area contributed by atoms with Crippen LogP contribution in [0.15, 0.2) is 0 Å². The number of carboxylic acids is 1. The summed E-state index contributed by atoms with van der Waals surface area (Å²) in [6.07, 6.45) is 1.02. The van der Waals surface area contributed by atoms with Gasteiger partial charge in [-0.25, -0.2) is 0 Å². The predicted molar refractivity (Wildman–Crippen MR) is 33.8 cm³/mol. The van der Waals surface area contributed by atoms with Gasteiger partial charge in [-0.1, -0.05) is 0 Å². The van der Waals surface area contributed by atoms with Crippen LogP contribution in [0.25, 0.3) is 0 Å². The topological polar surface area (TPSA) is 63.6 Å². The van der Waals surface area contributed by atoms with Crippen LogP contribution in [-0.4, -0.2) is 22.6 Å². The summed E-state index contributed by atoms with van der Waals surface area (Å²) in [5.41, 5.74) is -1.27. The molecule has 0 spiro atoms. The Labute approximate surface area is 63.1 Å². The minimum atomic E-state index is -0.834. The Bertz CT molecular complexity index is 249. The highest BCUT2D eigenvalue weighted by atomic mass is 16.6. The molecule has 2 saturated carbocycles. The molecule has 11 heavy (non-hydrogen) atoms. The predicted octanol–water partition coefficient (Wildman–Crippen LogP) is 0.167. The number of hydrogen-bond acceptors (Lipinski definition) is 3. The van der Waals surface area contributed by atoms with E-state index in [1.54, 1.807) is 0 Å². The summed E-state index contributed by atoms with van der Waals surface area (Å²) in [7, 11) is 0. The van der Waals surface area contributed by atoms with E-state index >= 15 is 0 Å². The molecule has 2 fully saturated rings. The van der Waals surface area contributed by atoms with Gasteiger partial charge in [0.2, 0.25) is 0 Å². The van der Waals surface area contributed by atoms with Crippen LogP contribution < -0.4 is 0 Å². The number of carbonyl (C=O) groups excluding carboxylic acids is 1. The third-order valence-electron chi connectivity index (χ3n) is 2.55. The first-order chi connectivity index (χ1) is 5.02. The molecule has 2 aliphatic rings. The Balaban J connectivity index is 2.03. The lowest BCUT2D eigenvalue weighted by Crippen LogP contribution is -2.08. The normalized spacial score (nSPS) is 44.1. The van der Waals surface area contributed by atoms with Crippen LogP contribution in [-0.2, 0) is 14.3 Å². The zero-order valence-corrected chi connectivity index (χ0v) is 6.09. The Kier molecular flexibility index (Phi) is 0.855. The van der Waals surface area contributed by atoms with E-state index in [-0.39, 0.29) is 5.97 Å². The summed E-state index contributed by atoms with van der Waals surface area (Å²) in [6, 6.07) is 0. The molecule has 2 aliphatic carbocycles. The van der Waals surface area contributed by atoms with Gasteiger partial charge in [0, 0.05) is 19.8 Å². The first kappa shape index (κ1) is 6.64. The molecule has 0 aromatic rings. The summed E-state index contributed by atoms with van der Waals surface area (Å²) in [5, 5.41) is 8.64. The fourth-order valence-electron chi connectivity index (χ4n) is 1.63. The molecule has 0 aromatic carbocycles. The molecule has 2 rings (SSSR count). The van der Waals surface area contributed by atoms with Crippen LogP contribution in [0.5, 0.6) is 0 Å². The van der Waals surface area contributed by atoms with Crippen molar-refractivity contribution in [2.45, 2.75) is 25.4 Å².